The third-order valence-electron chi connectivity index (χ3n) is 3.04. The van der Waals surface area contributed by atoms with E-state index in [-0.39, 0.29) is 5.91 Å². The van der Waals surface area contributed by atoms with Crippen molar-refractivity contribution in [3.05, 3.63) is 0 Å². The normalized spacial score (nSPS) is 11.0. The van der Waals surface area contributed by atoms with Gasteiger partial charge in [-0.15, -0.1) is 0 Å². The van der Waals surface area contributed by atoms with Crippen molar-refractivity contribution >= 4 is 5.91 Å². The monoisotopic (exact) mass is 252 g/mol. The van der Waals surface area contributed by atoms with Crippen molar-refractivity contribution in [1.82, 2.24) is 5.32 Å². The fraction of sp³-hybridized carbons (Fsp3) is 0.867. The molecular formula is C15H28N2O. The molecule has 0 aromatic heterocycles. The highest BCUT2D eigenvalue weighted by Crippen LogP contribution is 2.11. The molecule has 1 N–H and O–H groups in total. The summed E-state index contributed by atoms with van der Waals surface area (Å²) in [5, 5.41) is 11.6. The van der Waals surface area contributed by atoms with Gasteiger partial charge in [0.25, 0.3) is 0 Å². The van der Waals surface area contributed by atoms with Gasteiger partial charge in [0.15, 0.2) is 0 Å². The Morgan fingerprint density at radius 1 is 1.11 bits per heavy atom. The van der Waals surface area contributed by atoms with Gasteiger partial charge in [-0.3, -0.25) is 4.79 Å². The van der Waals surface area contributed by atoms with Crippen molar-refractivity contribution in [3.63, 3.8) is 0 Å². The van der Waals surface area contributed by atoms with Gasteiger partial charge >= 0.3 is 0 Å². The maximum Gasteiger partial charge on any atom is 0.220 e. The number of hydrogen-bond donors (Lipinski definition) is 1. The Hall–Kier alpha value is -1.04. The fourth-order valence-corrected chi connectivity index (χ4v) is 1.69. The second-order valence-corrected chi connectivity index (χ2v) is 5.64. The molecule has 0 aliphatic carbocycles. The summed E-state index contributed by atoms with van der Waals surface area (Å²) in [4.78, 5) is 11.5. The van der Waals surface area contributed by atoms with E-state index in [0.717, 1.165) is 12.8 Å². The van der Waals surface area contributed by atoms with E-state index >= 15 is 0 Å². The molecule has 0 saturated heterocycles. The SMILES string of the molecule is CCCCCCCCCC(=O)NCC(C)(C)C#N. The lowest BCUT2D eigenvalue weighted by atomic mass is 9.96. The molecule has 3 heteroatoms. The number of nitrogens with zero attached hydrogens (tertiary/aromatic N) is 1. The van der Waals surface area contributed by atoms with E-state index in [2.05, 4.69) is 18.3 Å². The minimum absolute atomic E-state index is 0.0758. The topological polar surface area (TPSA) is 52.9 Å². The molecule has 0 atom stereocenters. The first-order valence-corrected chi connectivity index (χ1v) is 7.20. The van der Waals surface area contributed by atoms with Crippen molar-refractivity contribution in [2.45, 2.75) is 72.1 Å². The van der Waals surface area contributed by atoms with Gasteiger partial charge in [-0.1, -0.05) is 45.4 Å². The standard InChI is InChI=1S/C15H28N2O/c1-4-5-6-7-8-9-10-11-14(18)17-13-15(2,3)12-16/h4-11,13H2,1-3H3,(H,17,18). The van der Waals surface area contributed by atoms with Crippen molar-refractivity contribution in [1.29, 1.82) is 5.26 Å². The second-order valence-electron chi connectivity index (χ2n) is 5.64. The van der Waals surface area contributed by atoms with E-state index < -0.39 is 5.41 Å². The molecule has 0 unspecified atom stereocenters. The van der Waals surface area contributed by atoms with Crippen LogP contribution in [0.15, 0.2) is 0 Å². The highest BCUT2D eigenvalue weighted by Gasteiger charge is 2.17. The Morgan fingerprint density at radius 2 is 1.67 bits per heavy atom. The van der Waals surface area contributed by atoms with Crippen LogP contribution in [0.2, 0.25) is 0 Å². The zero-order chi connectivity index (χ0) is 13.9. The van der Waals surface area contributed by atoms with Crippen molar-refractivity contribution in [3.8, 4) is 6.07 Å². The molecule has 0 saturated carbocycles. The van der Waals surface area contributed by atoms with Crippen LogP contribution < -0.4 is 5.32 Å². The molecule has 0 fully saturated rings. The quantitative estimate of drug-likeness (QED) is 0.601. The van der Waals surface area contributed by atoms with Gasteiger partial charge in [-0.25, -0.2) is 0 Å². The minimum Gasteiger partial charge on any atom is -0.355 e. The maximum absolute atomic E-state index is 11.5. The Balaban J connectivity index is 3.41. The number of hydrogen-bond acceptors (Lipinski definition) is 2. The lowest BCUT2D eigenvalue weighted by Crippen LogP contribution is -2.32. The van der Waals surface area contributed by atoms with Crippen LogP contribution >= 0.6 is 0 Å². The van der Waals surface area contributed by atoms with Crippen LogP contribution in [0.1, 0.15) is 72.1 Å². The zero-order valence-corrected chi connectivity index (χ0v) is 12.2. The molecule has 0 aliphatic heterocycles. The first-order valence-electron chi connectivity index (χ1n) is 7.20. The van der Waals surface area contributed by atoms with Gasteiger partial charge in [0.2, 0.25) is 5.91 Å². The molecule has 104 valence electrons. The largest absolute Gasteiger partial charge is 0.355 e. The van der Waals surface area contributed by atoms with E-state index in [4.69, 9.17) is 5.26 Å². The molecule has 1 amide bonds. The fourth-order valence-electron chi connectivity index (χ4n) is 1.69. The van der Waals surface area contributed by atoms with Gasteiger partial charge in [0.1, 0.15) is 0 Å². The number of unbranched alkanes of at least 4 members (excludes halogenated alkanes) is 6. The van der Waals surface area contributed by atoms with Crippen LogP contribution in [-0.4, -0.2) is 12.5 Å². The smallest absolute Gasteiger partial charge is 0.220 e. The molecule has 18 heavy (non-hydrogen) atoms. The van der Waals surface area contributed by atoms with Gasteiger partial charge in [0, 0.05) is 13.0 Å². The molecule has 3 nitrogen and oxygen atoms in total. The van der Waals surface area contributed by atoms with Gasteiger partial charge < -0.3 is 5.32 Å². The molecule has 0 aliphatic rings. The summed E-state index contributed by atoms with van der Waals surface area (Å²) >= 11 is 0. The molecule has 0 aromatic carbocycles. The summed E-state index contributed by atoms with van der Waals surface area (Å²) in [5.74, 6) is 0.0758. The number of carbonyl (C=O) groups is 1. The highest BCUT2D eigenvalue weighted by atomic mass is 16.1. The molecule has 0 heterocycles. The summed E-state index contributed by atoms with van der Waals surface area (Å²) < 4.78 is 0. The van der Waals surface area contributed by atoms with Crippen LogP contribution in [0.5, 0.6) is 0 Å². The number of carbonyl (C=O) groups excluding carboxylic acids is 1. The zero-order valence-electron chi connectivity index (χ0n) is 12.2. The summed E-state index contributed by atoms with van der Waals surface area (Å²) in [6.07, 6.45) is 9.13. The minimum atomic E-state index is -0.462. The molecule has 0 radical (unpaired) electrons. The number of nitriles is 1. The number of nitrogens with one attached hydrogen (secondary N) is 1. The van der Waals surface area contributed by atoms with Crippen LogP contribution in [0.3, 0.4) is 0 Å². The Labute approximate surface area is 112 Å². The lowest BCUT2D eigenvalue weighted by molar-refractivity contribution is -0.121. The van der Waals surface area contributed by atoms with Crippen molar-refractivity contribution in [2.75, 3.05) is 6.54 Å². The van der Waals surface area contributed by atoms with E-state index in [1.807, 2.05) is 13.8 Å². The third-order valence-corrected chi connectivity index (χ3v) is 3.04. The second kappa shape index (κ2) is 9.94. The molecular weight excluding hydrogens is 224 g/mol. The van der Waals surface area contributed by atoms with E-state index in [0.29, 0.717) is 13.0 Å². The molecule has 0 spiro atoms. The predicted octanol–water partition coefficient (Wildman–Crippen LogP) is 3.79. The molecule has 0 rings (SSSR count). The number of amides is 1. The molecule has 0 bridgehead atoms. The van der Waals surface area contributed by atoms with Gasteiger partial charge in [-0.2, -0.15) is 5.26 Å². The Morgan fingerprint density at radius 3 is 2.22 bits per heavy atom. The summed E-state index contributed by atoms with van der Waals surface area (Å²) in [6, 6.07) is 2.18. The Kier molecular flexibility index (Phi) is 9.36. The summed E-state index contributed by atoms with van der Waals surface area (Å²) in [5.41, 5.74) is -0.462. The van der Waals surface area contributed by atoms with Crippen LogP contribution in [0.25, 0.3) is 0 Å². The summed E-state index contributed by atoms with van der Waals surface area (Å²) in [7, 11) is 0. The third kappa shape index (κ3) is 10.1. The van der Waals surface area contributed by atoms with Crippen LogP contribution in [0, 0.1) is 16.7 Å². The highest BCUT2D eigenvalue weighted by molar-refractivity contribution is 5.75. The van der Waals surface area contributed by atoms with Crippen molar-refractivity contribution < 1.29 is 4.79 Å². The maximum atomic E-state index is 11.5. The number of rotatable bonds is 10. The van der Waals surface area contributed by atoms with Crippen molar-refractivity contribution in [2.24, 2.45) is 5.41 Å². The average Bonchev–Trinajstić information content (AvgIpc) is 2.35. The lowest BCUT2D eigenvalue weighted by Gasteiger charge is -2.15. The molecule has 0 aromatic rings. The summed E-state index contributed by atoms with van der Waals surface area (Å²) in [6.45, 7) is 6.33. The van der Waals surface area contributed by atoms with Gasteiger partial charge in [0.05, 0.1) is 11.5 Å². The van der Waals surface area contributed by atoms with Gasteiger partial charge in [-0.05, 0) is 20.3 Å². The van der Waals surface area contributed by atoms with Crippen LogP contribution in [-0.2, 0) is 4.79 Å². The Bertz CT molecular complexity index is 266. The predicted molar refractivity (Wildman–Crippen MR) is 75.0 cm³/mol. The van der Waals surface area contributed by atoms with E-state index in [9.17, 15) is 4.79 Å². The van der Waals surface area contributed by atoms with E-state index in [1.54, 1.807) is 0 Å². The van der Waals surface area contributed by atoms with Crippen LogP contribution in [0.4, 0.5) is 0 Å². The van der Waals surface area contributed by atoms with E-state index in [1.165, 1.54) is 32.1 Å². The first-order chi connectivity index (χ1) is 8.52. The average molecular weight is 252 g/mol. The first kappa shape index (κ1) is 17.0.